The normalized spacial score (nSPS) is 13.9. The average molecular weight is 309 g/mol. The number of nitrogens with two attached hydrogens (primary N) is 1. The lowest BCUT2D eigenvalue weighted by Gasteiger charge is -2.27. The summed E-state index contributed by atoms with van der Waals surface area (Å²) in [6, 6.07) is 7.25. The van der Waals surface area contributed by atoms with Gasteiger partial charge in [0.25, 0.3) is 0 Å². The number of nitrogens with one attached hydrogen (secondary N) is 2. The number of hydrogen-bond donors (Lipinski definition) is 3. The van der Waals surface area contributed by atoms with Gasteiger partial charge in [0, 0.05) is 12.2 Å². The molecule has 0 heterocycles. The SMILES string of the molecule is COc1ccc(NC(CN)C(C)NC(=O)OC(C)(C)C)cc1. The van der Waals surface area contributed by atoms with E-state index in [2.05, 4.69) is 10.6 Å². The summed E-state index contributed by atoms with van der Waals surface area (Å²) >= 11 is 0. The number of hydrogen-bond acceptors (Lipinski definition) is 5. The van der Waals surface area contributed by atoms with Crippen molar-refractivity contribution in [3.8, 4) is 5.75 Å². The lowest BCUT2D eigenvalue weighted by atomic mass is 10.1. The molecule has 0 saturated carbocycles. The minimum atomic E-state index is -0.522. The van der Waals surface area contributed by atoms with Crippen LogP contribution in [0.5, 0.6) is 5.75 Å². The van der Waals surface area contributed by atoms with Crippen molar-refractivity contribution in [1.82, 2.24) is 5.32 Å². The first-order valence-corrected chi connectivity index (χ1v) is 7.35. The summed E-state index contributed by atoms with van der Waals surface area (Å²) in [6.45, 7) is 7.74. The highest BCUT2D eigenvalue weighted by Gasteiger charge is 2.21. The number of amides is 1. The Bertz CT molecular complexity index is 469. The maximum Gasteiger partial charge on any atom is 0.407 e. The van der Waals surface area contributed by atoms with Crippen LogP contribution in [-0.2, 0) is 4.74 Å². The van der Waals surface area contributed by atoms with Gasteiger partial charge in [-0.25, -0.2) is 4.79 Å². The smallest absolute Gasteiger partial charge is 0.407 e. The van der Waals surface area contributed by atoms with E-state index in [9.17, 15) is 4.79 Å². The molecule has 4 N–H and O–H groups in total. The van der Waals surface area contributed by atoms with Crippen LogP contribution in [0.15, 0.2) is 24.3 Å². The van der Waals surface area contributed by atoms with E-state index in [0.29, 0.717) is 6.54 Å². The molecule has 0 fully saturated rings. The van der Waals surface area contributed by atoms with Crippen molar-refractivity contribution in [3.05, 3.63) is 24.3 Å². The maximum atomic E-state index is 11.8. The number of alkyl carbamates (subject to hydrolysis) is 1. The Morgan fingerprint density at radius 2 is 1.86 bits per heavy atom. The quantitative estimate of drug-likeness (QED) is 0.751. The van der Waals surface area contributed by atoms with Crippen LogP contribution in [0.25, 0.3) is 0 Å². The van der Waals surface area contributed by atoms with E-state index in [1.165, 1.54) is 0 Å². The third-order valence-corrected chi connectivity index (χ3v) is 3.04. The van der Waals surface area contributed by atoms with Crippen LogP contribution in [0.4, 0.5) is 10.5 Å². The summed E-state index contributed by atoms with van der Waals surface area (Å²) in [6.07, 6.45) is -0.449. The summed E-state index contributed by atoms with van der Waals surface area (Å²) in [4.78, 5) is 11.8. The maximum absolute atomic E-state index is 11.8. The van der Waals surface area contributed by atoms with Crippen molar-refractivity contribution in [2.24, 2.45) is 5.73 Å². The van der Waals surface area contributed by atoms with Crippen molar-refractivity contribution in [2.75, 3.05) is 19.0 Å². The summed E-state index contributed by atoms with van der Waals surface area (Å²) in [5, 5.41) is 6.10. The van der Waals surface area contributed by atoms with Gasteiger partial charge in [0.15, 0.2) is 0 Å². The molecule has 0 spiro atoms. The first kappa shape index (κ1) is 18.1. The molecule has 0 radical (unpaired) electrons. The standard InChI is InChI=1S/C16H27N3O3/c1-11(18-15(20)22-16(2,3)4)14(10-17)19-12-6-8-13(21-5)9-7-12/h6-9,11,14,19H,10,17H2,1-5H3,(H,18,20). The van der Waals surface area contributed by atoms with Gasteiger partial charge in [0.05, 0.1) is 19.2 Å². The van der Waals surface area contributed by atoms with Gasteiger partial charge in [-0.05, 0) is 52.0 Å². The number of rotatable bonds is 6. The average Bonchev–Trinajstić information content (AvgIpc) is 2.43. The van der Waals surface area contributed by atoms with Crippen LogP contribution >= 0.6 is 0 Å². The molecule has 6 nitrogen and oxygen atoms in total. The Balaban J connectivity index is 2.60. The van der Waals surface area contributed by atoms with Gasteiger partial charge in [-0.3, -0.25) is 0 Å². The highest BCUT2D eigenvalue weighted by molar-refractivity contribution is 5.68. The van der Waals surface area contributed by atoms with E-state index in [1.807, 2.05) is 52.0 Å². The molecule has 2 atom stereocenters. The zero-order valence-electron chi connectivity index (χ0n) is 14.0. The minimum absolute atomic E-state index is 0.110. The van der Waals surface area contributed by atoms with Crippen molar-refractivity contribution in [3.63, 3.8) is 0 Å². The highest BCUT2D eigenvalue weighted by atomic mass is 16.6. The number of methoxy groups -OCH3 is 1. The molecule has 2 unspecified atom stereocenters. The molecular weight excluding hydrogens is 282 g/mol. The topological polar surface area (TPSA) is 85.6 Å². The van der Waals surface area contributed by atoms with Gasteiger partial charge in [-0.15, -0.1) is 0 Å². The molecule has 0 aromatic heterocycles. The largest absolute Gasteiger partial charge is 0.497 e. The summed E-state index contributed by atoms with van der Waals surface area (Å²) in [5.74, 6) is 0.787. The van der Waals surface area contributed by atoms with E-state index < -0.39 is 11.7 Å². The van der Waals surface area contributed by atoms with Crippen molar-refractivity contribution in [1.29, 1.82) is 0 Å². The Kier molecular flexibility index (Phi) is 6.49. The molecule has 0 saturated heterocycles. The van der Waals surface area contributed by atoms with E-state index >= 15 is 0 Å². The van der Waals surface area contributed by atoms with Crippen LogP contribution in [0.3, 0.4) is 0 Å². The predicted octanol–water partition coefficient (Wildman–Crippen LogP) is 2.35. The van der Waals surface area contributed by atoms with Crippen LogP contribution in [-0.4, -0.2) is 37.4 Å². The fourth-order valence-electron chi connectivity index (χ4n) is 1.88. The molecule has 0 aliphatic rings. The fourth-order valence-corrected chi connectivity index (χ4v) is 1.88. The fraction of sp³-hybridized carbons (Fsp3) is 0.562. The Morgan fingerprint density at radius 1 is 1.27 bits per heavy atom. The highest BCUT2D eigenvalue weighted by Crippen LogP contribution is 2.16. The van der Waals surface area contributed by atoms with Gasteiger partial charge in [0.2, 0.25) is 0 Å². The van der Waals surface area contributed by atoms with Crippen molar-refractivity contribution in [2.45, 2.75) is 45.4 Å². The van der Waals surface area contributed by atoms with Gasteiger partial charge >= 0.3 is 6.09 Å². The Labute approximate surface area is 132 Å². The first-order chi connectivity index (χ1) is 10.2. The third-order valence-electron chi connectivity index (χ3n) is 3.04. The van der Waals surface area contributed by atoms with Gasteiger partial charge < -0.3 is 25.8 Å². The molecule has 1 amide bonds. The number of carbonyl (C=O) groups excluding carboxylic acids is 1. The molecule has 6 heteroatoms. The number of carbonyl (C=O) groups is 1. The number of ether oxygens (including phenoxy) is 2. The first-order valence-electron chi connectivity index (χ1n) is 7.35. The van der Waals surface area contributed by atoms with Crippen LogP contribution in [0.1, 0.15) is 27.7 Å². The van der Waals surface area contributed by atoms with E-state index in [1.54, 1.807) is 7.11 Å². The minimum Gasteiger partial charge on any atom is -0.497 e. The van der Waals surface area contributed by atoms with Crippen molar-refractivity contribution < 1.29 is 14.3 Å². The van der Waals surface area contributed by atoms with Gasteiger partial charge in [-0.1, -0.05) is 0 Å². The molecule has 1 aromatic rings. The molecule has 1 aromatic carbocycles. The van der Waals surface area contributed by atoms with Crippen molar-refractivity contribution >= 4 is 11.8 Å². The van der Waals surface area contributed by atoms with E-state index in [0.717, 1.165) is 11.4 Å². The second-order valence-electron chi connectivity index (χ2n) is 6.15. The summed E-state index contributed by atoms with van der Waals surface area (Å²) in [5.41, 5.74) is 6.19. The number of anilines is 1. The lowest BCUT2D eigenvalue weighted by molar-refractivity contribution is 0.0504. The molecule has 0 bridgehead atoms. The Hall–Kier alpha value is -1.95. The monoisotopic (exact) mass is 309 g/mol. The zero-order chi connectivity index (χ0) is 16.8. The van der Waals surface area contributed by atoms with Gasteiger partial charge in [0.1, 0.15) is 11.4 Å². The molecule has 124 valence electrons. The summed E-state index contributed by atoms with van der Waals surface area (Å²) in [7, 11) is 1.62. The second-order valence-corrected chi connectivity index (χ2v) is 6.15. The van der Waals surface area contributed by atoms with Crippen LogP contribution in [0.2, 0.25) is 0 Å². The molecular formula is C16H27N3O3. The molecule has 22 heavy (non-hydrogen) atoms. The van der Waals surface area contributed by atoms with Crippen LogP contribution < -0.4 is 21.1 Å². The molecule has 1 rings (SSSR count). The third kappa shape index (κ3) is 6.22. The zero-order valence-corrected chi connectivity index (χ0v) is 14.0. The van der Waals surface area contributed by atoms with Crippen LogP contribution in [0, 0.1) is 0 Å². The Morgan fingerprint density at radius 3 is 2.32 bits per heavy atom. The molecule has 0 aliphatic carbocycles. The van der Waals surface area contributed by atoms with E-state index in [-0.39, 0.29) is 12.1 Å². The van der Waals surface area contributed by atoms with Gasteiger partial charge in [-0.2, -0.15) is 0 Å². The number of benzene rings is 1. The molecule has 0 aliphatic heterocycles. The summed E-state index contributed by atoms with van der Waals surface area (Å²) < 4.78 is 10.4. The second kappa shape index (κ2) is 7.89. The van der Waals surface area contributed by atoms with E-state index in [4.69, 9.17) is 15.2 Å². The predicted molar refractivity (Wildman–Crippen MR) is 88.3 cm³/mol. The lowest BCUT2D eigenvalue weighted by Crippen LogP contribution is -2.49.